The molecule has 1 aliphatic heterocycles. The lowest BCUT2D eigenvalue weighted by Gasteiger charge is -2.37. The van der Waals surface area contributed by atoms with Crippen LogP contribution in [0.5, 0.6) is 5.88 Å². The molecule has 1 aromatic carbocycles. The lowest BCUT2D eigenvalue weighted by Crippen LogP contribution is -2.49. The van der Waals surface area contributed by atoms with Crippen molar-refractivity contribution in [1.29, 1.82) is 0 Å². The molecule has 8 nitrogen and oxygen atoms in total. The molecule has 1 unspecified atom stereocenters. The van der Waals surface area contributed by atoms with E-state index in [9.17, 15) is 12.8 Å². The molecule has 200 valence electrons. The molecule has 1 aromatic heterocycles. The van der Waals surface area contributed by atoms with Crippen LogP contribution in [-0.4, -0.2) is 67.0 Å². The number of halogens is 1. The zero-order valence-electron chi connectivity index (χ0n) is 21.5. The maximum atomic E-state index is 14.1. The molecule has 0 bridgehead atoms. The van der Waals surface area contributed by atoms with Crippen LogP contribution in [0.15, 0.2) is 41.0 Å². The molecule has 0 radical (unpaired) electrons. The van der Waals surface area contributed by atoms with Gasteiger partial charge in [-0.1, -0.05) is 6.42 Å². The van der Waals surface area contributed by atoms with E-state index < -0.39 is 10.0 Å². The van der Waals surface area contributed by atoms with Crippen LogP contribution in [0.4, 0.5) is 4.39 Å². The second-order valence-electron chi connectivity index (χ2n) is 10.0. The number of hydrogen-bond acceptors (Lipinski definition) is 7. The highest BCUT2D eigenvalue weighted by Crippen LogP contribution is 2.32. The number of aromatic nitrogens is 2. The van der Waals surface area contributed by atoms with Crippen molar-refractivity contribution in [2.45, 2.75) is 64.0 Å². The largest absolute Gasteiger partial charge is 0.501 e. The number of hydrogen-bond donors (Lipinski definition) is 0. The van der Waals surface area contributed by atoms with Gasteiger partial charge in [-0.2, -0.15) is 9.29 Å². The van der Waals surface area contributed by atoms with Crippen LogP contribution < -0.4 is 4.74 Å². The first-order chi connectivity index (χ1) is 17.8. The summed E-state index contributed by atoms with van der Waals surface area (Å²) in [5.41, 5.74) is 0.651. The molecule has 5 rings (SSSR count). The van der Waals surface area contributed by atoms with E-state index in [2.05, 4.69) is 4.90 Å². The van der Waals surface area contributed by atoms with Crippen molar-refractivity contribution in [3.8, 4) is 5.88 Å². The highest BCUT2D eigenvalue weighted by atomic mass is 32.2. The number of methoxy groups -OCH3 is 1. The van der Waals surface area contributed by atoms with Crippen LogP contribution in [0, 0.1) is 5.82 Å². The van der Waals surface area contributed by atoms with Crippen LogP contribution in [-0.2, 0) is 14.8 Å². The summed E-state index contributed by atoms with van der Waals surface area (Å²) in [6.07, 6.45) is 9.93. The fourth-order valence-electron chi connectivity index (χ4n) is 5.35. The van der Waals surface area contributed by atoms with E-state index in [1.54, 1.807) is 29.6 Å². The first kappa shape index (κ1) is 26.1. The topological polar surface area (TPSA) is 84.9 Å². The van der Waals surface area contributed by atoms with Crippen LogP contribution in [0.2, 0.25) is 0 Å². The normalized spacial score (nSPS) is 21.4. The SMILES string of the molecule is COC1=CC=C(S(=O)(=O)N2CCN(C(C)c3nc(OC4CCCCC4)c4cc(F)ccc4n3)CC2)CC1. The molecule has 2 aliphatic carbocycles. The predicted octanol–water partition coefficient (Wildman–Crippen LogP) is 4.70. The lowest BCUT2D eigenvalue weighted by atomic mass is 9.98. The molecule has 0 amide bonds. The molecule has 1 saturated heterocycles. The minimum atomic E-state index is -3.51. The van der Waals surface area contributed by atoms with E-state index >= 15 is 0 Å². The second kappa shape index (κ2) is 11.0. The predicted molar refractivity (Wildman–Crippen MR) is 140 cm³/mol. The molecule has 2 heterocycles. The van der Waals surface area contributed by atoms with Crippen LogP contribution >= 0.6 is 0 Å². The van der Waals surface area contributed by atoms with Crippen molar-refractivity contribution in [2.75, 3.05) is 33.3 Å². The number of rotatable bonds is 7. The van der Waals surface area contributed by atoms with Gasteiger partial charge in [0.05, 0.1) is 34.7 Å². The van der Waals surface area contributed by atoms with E-state index in [-0.39, 0.29) is 18.0 Å². The third-order valence-corrected chi connectivity index (χ3v) is 9.72. The molecule has 2 aromatic rings. The van der Waals surface area contributed by atoms with Gasteiger partial charge < -0.3 is 9.47 Å². The Morgan fingerprint density at radius 2 is 1.78 bits per heavy atom. The van der Waals surface area contributed by atoms with E-state index in [1.165, 1.54) is 18.6 Å². The van der Waals surface area contributed by atoms with Crippen LogP contribution in [0.3, 0.4) is 0 Å². The van der Waals surface area contributed by atoms with Gasteiger partial charge in [0.2, 0.25) is 15.9 Å². The van der Waals surface area contributed by atoms with Crippen molar-refractivity contribution in [3.63, 3.8) is 0 Å². The fraction of sp³-hybridized carbons (Fsp3) is 0.556. The molecule has 37 heavy (non-hydrogen) atoms. The van der Waals surface area contributed by atoms with E-state index in [1.807, 2.05) is 6.92 Å². The first-order valence-electron chi connectivity index (χ1n) is 13.2. The van der Waals surface area contributed by atoms with Gasteiger partial charge in [0, 0.05) is 32.6 Å². The molecule has 3 aliphatic rings. The maximum absolute atomic E-state index is 14.1. The van der Waals surface area contributed by atoms with Crippen LogP contribution in [0.1, 0.15) is 63.7 Å². The zero-order chi connectivity index (χ0) is 26.0. The molecular weight excluding hydrogens is 495 g/mol. The van der Waals surface area contributed by atoms with Gasteiger partial charge in [-0.3, -0.25) is 4.90 Å². The number of fused-ring (bicyclic) bond motifs is 1. The molecule has 0 N–H and O–H groups in total. The lowest BCUT2D eigenvalue weighted by molar-refractivity contribution is 0.135. The minimum absolute atomic E-state index is 0.0796. The van der Waals surface area contributed by atoms with E-state index in [0.29, 0.717) is 66.5 Å². The van der Waals surface area contributed by atoms with Crippen molar-refractivity contribution >= 4 is 20.9 Å². The second-order valence-corrected chi connectivity index (χ2v) is 12.0. The van der Waals surface area contributed by atoms with Gasteiger partial charge >= 0.3 is 0 Å². The summed E-state index contributed by atoms with van der Waals surface area (Å²) in [6, 6.07) is 4.37. The number of sulfonamides is 1. The Balaban J connectivity index is 1.32. The Bertz CT molecular complexity index is 1300. The average molecular weight is 531 g/mol. The summed E-state index contributed by atoms with van der Waals surface area (Å²) >= 11 is 0. The monoisotopic (exact) mass is 530 g/mol. The number of benzene rings is 1. The highest BCUT2D eigenvalue weighted by Gasteiger charge is 2.33. The van der Waals surface area contributed by atoms with Gasteiger partial charge in [-0.15, -0.1) is 0 Å². The van der Waals surface area contributed by atoms with Gasteiger partial charge in [-0.05, 0) is 69.4 Å². The van der Waals surface area contributed by atoms with Crippen molar-refractivity contribution in [1.82, 2.24) is 19.2 Å². The summed E-state index contributed by atoms with van der Waals surface area (Å²) in [5.74, 6) is 1.49. The minimum Gasteiger partial charge on any atom is -0.501 e. The van der Waals surface area contributed by atoms with Crippen LogP contribution in [0.25, 0.3) is 10.9 Å². The Kier molecular flexibility index (Phi) is 7.78. The Morgan fingerprint density at radius 3 is 2.46 bits per heavy atom. The Hall–Kier alpha value is -2.56. The smallest absolute Gasteiger partial charge is 0.239 e. The maximum Gasteiger partial charge on any atom is 0.239 e. The van der Waals surface area contributed by atoms with Crippen molar-refractivity contribution in [2.24, 2.45) is 0 Å². The van der Waals surface area contributed by atoms with Gasteiger partial charge in [0.1, 0.15) is 17.7 Å². The quantitative estimate of drug-likeness (QED) is 0.513. The van der Waals surface area contributed by atoms with Gasteiger partial charge in [0.25, 0.3) is 0 Å². The molecule has 2 fully saturated rings. The van der Waals surface area contributed by atoms with E-state index in [0.717, 1.165) is 31.4 Å². The van der Waals surface area contributed by atoms with Crippen molar-refractivity contribution in [3.05, 3.63) is 52.7 Å². The first-order valence-corrected chi connectivity index (χ1v) is 14.6. The molecular formula is C27H35FN4O4S. The molecule has 0 spiro atoms. The zero-order valence-corrected chi connectivity index (χ0v) is 22.3. The Labute approximate surface area is 218 Å². The molecule has 1 saturated carbocycles. The molecule has 10 heteroatoms. The van der Waals surface area contributed by atoms with Crippen molar-refractivity contribution < 1.29 is 22.3 Å². The summed E-state index contributed by atoms with van der Waals surface area (Å²) in [4.78, 5) is 12.1. The summed E-state index contributed by atoms with van der Waals surface area (Å²) in [7, 11) is -1.91. The summed E-state index contributed by atoms with van der Waals surface area (Å²) in [6.45, 7) is 3.96. The number of ether oxygens (including phenoxy) is 2. The van der Waals surface area contributed by atoms with Gasteiger partial charge in [-0.25, -0.2) is 17.8 Å². The third kappa shape index (κ3) is 5.66. The van der Waals surface area contributed by atoms with E-state index in [4.69, 9.17) is 19.4 Å². The van der Waals surface area contributed by atoms with Gasteiger partial charge in [0.15, 0.2) is 0 Å². The third-order valence-electron chi connectivity index (χ3n) is 7.67. The average Bonchev–Trinajstić information content (AvgIpc) is 2.93. The number of piperazine rings is 1. The Morgan fingerprint density at radius 1 is 1.03 bits per heavy atom. The fourth-order valence-corrected chi connectivity index (χ4v) is 6.93. The highest BCUT2D eigenvalue weighted by molar-refractivity contribution is 7.93. The summed E-state index contributed by atoms with van der Waals surface area (Å²) in [5, 5.41) is 0.587. The number of allylic oxidation sites excluding steroid dienone is 4. The molecule has 1 atom stereocenters. The summed E-state index contributed by atoms with van der Waals surface area (Å²) < 4.78 is 53.5. The number of nitrogens with zero attached hydrogens (tertiary/aromatic N) is 4. The standard InChI is InChI=1S/C27H35FN4O4S/c1-19(31-14-16-32(17-15-31)37(33,34)23-11-9-21(35-2)10-12-23)26-29-25-13-8-20(28)18-24(25)27(30-26)36-22-6-4-3-5-7-22/h8-9,11,13,18-19,22H,3-7,10,12,14-17H2,1-2H3.